The third-order valence-electron chi connectivity index (χ3n) is 4.92. The highest BCUT2D eigenvalue weighted by Crippen LogP contribution is 2.44. The number of halogens is 1. The zero-order valence-corrected chi connectivity index (χ0v) is 19.1. The first kappa shape index (κ1) is 21.5. The summed E-state index contributed by atoms with van der Waals surface area (Å²) in [4.78, 5) is 27.3. The van der Waals surface area contributed by atoms with Crippen LogP contribution >= 0.6 is 34.7 Å². The Kier molecular flexibility index (Phi) is 5.79. The average Bonchev–Trinajstić information content (AvgIpc) is 3.61. The molecule has 4 aromatic rings. The molecule has 0 spiro atoms. The molecule has 0 saturated carbocycles. The lowest BCUT2D eigenvalue weighted by Crippen LogP contribution is -2.30. The van der Waals surface area contributed by atoms with E-state index in [0.29, 0.717) is 20.9 Å². The number of hydrogen-bond acceptors (Lipinski definition) is 9. The molecular weight excluding hydrogens is 486 g/mol. The Balaban J connectivity index is 1.46. The molecule has 1 N–H and O–H groups in total. The minimum Gasteiger partial charge on any atom is -0.503 e. The Hall–Kier alpha value is -3.34. The zero-order valence-electron chi connectivity index (χ0n) is 16.7. The number of rotatable bonds is 7. The fraction of sp³-hybridized carbons (Fsp3) is 0.0909. The van der Waals surface area contributed by atoms with Crippen molar-refractivity contribution in [3.8, 4) is 0 Å². The lowest BCUT2D eigenvalue weighted by Gasteiger charge is -2.21. The van der Waals surface area contributed by atoms with E-state index in [9.17, 15) is 14.7 Å². The van der Waals surface area contributed by atoms with Gasteiger partial charge >= 0.3 is 0 Å². The summed E-state index contributed by atoms with van der Waals surface area (Å²) in [5, 5.41) is 19.8. The molecule has 33 heavy (non-hydrogen) atoms. The van der Waals surface area contributed by atoms with E-state index in [1.54, 1.807) is 18.2 Å². The van der Waals surface area contributed by atoms with Gasteiger partial charge in [-0.05, 0) is 35.9 Å². The van der Waals surface area contributed by atoms with E-state index in [4.69, 9.17) is 20.4 Å². The van der Waals surface area contributed by atoms with Crippen LogP contribution in [0.3, 0.4) is 0 Å². The molecule has 8 nitrogen and oxygen atoms in total. The number of aliphatic hydroxyl groups is 1. The quantitative estimate of drug-likeness (QED) is 0.203. The van der Waals surface area contributed by atoms with E-state index in [0.717, 1.165) is 16.9 Å². The molecule has 5 rings (SSSR count). The summed E-state index contributed by atoms with van der Waals surface area (Å²) in [6.07, 6.45) is 2.77. The Morgan fingerprint density at radius 2 is 1.91 bits per heavy atom. The summed E-state index contributed by atoms with van der Waals surface area (Å²) >= 11 is 8.79. The van der Waals surface area contributed by atoms with E-state index < -0.39 is 23.5 Å². The van der Waals surface area contributed by atoms with Crippen LogP contribution in [0, 0.1) is 0 Å². The van der Waals surface area contributed by atoms with Gasteiger partial charge in [0.1, 0.15) is 11.8 Å². The summed E-state index contributed by atoms with van der Waals surface area (Å²) in [6, 6.07) is 12.7. The van der Waals surface area contributed by atoms with Gasteiger partial charge in [-0.25, -0.2) is 0 Å². The van der Waals surface area contributed by atoms with Gasteiger partial charge in [-0.1, -0.05) is 52.9 Å². The fourth-order valence-electron chi connectivity index (χ4n) is 3.40. The minimum atomic E-state index is -1.01. The van der Waals surface area contributed by atoms with Crippen molar-refractivity contribution in [2.75, 3.05) is 4.90 Å². The van der Waals surface area contributed by atoms with Gasteiger partial charge < -0.3 is 13.9 Å². The van der Waals surface area contributed by atoms with E-state index in [2.05, 4.69) is 10.2 Å². The summed E-state index contributed by atoms with van der Waals surface area (Å²) in [6.45, 7) is 0. The average molecular weight is 500 g/mol. The first-order chi connectivity index (χ1) is 16.0. The summed E-state index contributed by atoms with van der Waals surface area (Å²) in [5.41, 5.74) is 0.794. The van der Waals surface area contributed by atoms with Crippen molar-refractivity contribution < 1.29 is 23.5 Å². The van der Waals surface area contributed by atoms with Gasteiger partial charge in [-0.2, -0.15) is 0 Å². The second kappa shape index (κ2) is 8.89. The number of carbonyl (C=O) groups is 2. The highest BCUT2D eigenvalue weighted by molar-refractivity contribution is 8.00. The Labute approximate surface area is 200 Å². The predicted octanol–water partition coefficient (Wildman–Crippen LogP) is 5.45. The second-order valence-corrected chi connectivity index (χ2v) is 9.48. The SMILES string of the molecule is O=C(C1=C(O)C(=O)N(c2nnc(SCc3ccccc3Cl)s2)C1c1ccco1)c1ccco1. The molecule has 0 saturated heterocycles. The number of aliphatic hydroxyl groups excluding tert-OH is 1. The third kappa shape index (κ3) is 3.97. The monoisotopic (exact) mass is 499 g/mol. The van der Waals surface area contributed by atoms with Crippen LogP contribution < -0.4 is 4.90 Å². The molecule has 1 aliphatic heterocycles. The number of benzene rings is 1. The molecule has 1 unspecified atom stereocenters. The molecule has 1 aromatic carbocycles. The second-order valence-electron chi connectivity index (χ2n) is 6.89. The molecule has 0 bridgehead atoms. The predicted molar refractivity (Wildman–Crippen MR) is 123 cm³/mol. The smallest absolute Gasteiger partial charge is 0.296 e. The number of thioether (sulfide) groups is 1. The number of amides is 1. The number of Topliss-reactive ketones (excluding diaryl/α,β-unsaturated/α-hetero) is 1. The van der Waals surface area contributed by atoms with Crippen LogP contribution in [0.15, 0.2) is 85.6 Å². The van der Waals surface area contributed by atoms with Crippen molar-refractivity contribution in [2.45, 2.75) is 16.1 Å². The molecule has 1 atom stereocenters. The van der Waals surface area contributed by atoms with Gasteiger partial charge in [-0.3, -0.25) is 14.5 Å². The first-order valence-electron chi connectivity index (χ1n) is 9.62. The van der Waals surface area contributed by atoms with Gasteiger partial charge in [0.2, 0.25) is 10.9 Å². The molecule has 0 fully saturated rings. The lowest BCUT2D eigenvalue weighted by atomic mass is 10.00. The summed E-state index contributed by atoms with van der Waals surface area (Å²) in [5.74, 6) is -1.22. The highest BCUT2D eigenvalue weighted by Gasteiger charge is 2.48. The summed E-state index contributed by atoms with van der Waals surface area (Å²) in [7, 11) is 0. The molecule has 11 heteroatoms. The largest absolute Gasteiger partial charge is 0.503 e. The van der Waals surface area contributed by atoms with Gasteiger partial charge in [0, 0.05) is 10.8 Å². The number of ketones is 1. The fourth-order valence-corrected chi connectivity index (χ4v) is 5.56. The van der Waals surface area contributed by atoms with E-state index >= 15 is 0 Å². The van der Waals surface area contributed by atoms with Crippen molar-refractivity contribution in [1.29, 1.82) is 0 Å². The molecular formula is C22H14ClN3O5S2. The Morgan fingerprint density at radius 1 is 1.12 bits per heavy atom. The third-order valence-corrected chi connectivity index (χ3v) is 7.39. The maximum atomic E-state index is 13.1. The van der Waals surface area contributed by atoms with Gasteiger partial charge in [0.15, 0.2) is 15.9 Å². The number of aromatic nitrogens is 2. The molecule has 0 aliphatic carbocycles. The van der Waals surface area contributed by atoms with Crippen LogP contribution in [0.5, 0.6) is 0 Å². The van der Waals surface area contributed by atoms with E-state index in [-0.39, 0.29) is 16.5 Å². The van der Waals surface area contributed by atoms with Gasteiger partial charge in [0.25, 0.3) is 5.91 Å². The molecule has 1 aliphatic rings. The molecule has 4 heterocycles. The van der Waals surface area contributed by atoms with Gasteiger partial charge in [-0.15, -0.1) is 10.2 Å². The summed E-state index contributed by atoms with van der Waals surface area (Å²) < 4.78 is 11.3. The standard InChI is InChI=1S/C22H14ClN3O5S2/c23-13-6-2-1-5-12(13)11-32-22-25-24-21(33-22)26-17(14-7-3-9-30-14)16(19(28)20(26)29)18(27)15-8-4-10-31-15/h1-10,17,28H,11H2. The highest BCUT2D eigenvalue weighted by atomic mass is 35.5. The molecule has 0 radical (unpaired) electrons. The maximum absolute atomic E-state index is 13.1. The van der Waals surface area contributed by atoms with E-state index in [1.165, 1.54) is 35.3 Å². The number of anilines is 1. The molecule has 1 amide bonds. The Morgan fingerprint density at radius 3 is 2.64 bits per heavy atom. The number of carbonyl (C=O) groups excluding carboxylic acids is 2. The number of furan rings is 2. The van der Waals surface area contributed by atoms with Crippen molar-refractivity contribution in [2.24, 2.45) is 0 Å². The van der Waals surface area contributed by atoms with Crippen LogP contribution in [-0.4, -0.2) is 27.0 Å². The Bertz CT molecular complexity index is 1350. The van der Waals surface area contributed by atoms with Crippen LogP contribution in [-0.2, 0) is 10.5 Å². The van der Waals surface area contributed by atoms with Crippen LogP contribution in [0.25, 0.3) is 0 Å². The lowest BCUT2D eigenvalue weighted by molar-refractivity contribution is -0.117. The normalized spacial score (nSPS) is 16.1. The molecule has 3 aromatic heterocycles. The van der Waals surface area contributed by atoms with Crippen molar-refractivity contribution in [3.63, 3.8) is 0 Å². The van der Waals surface area contributed by atoms with Crippen molar-refractivity contribution in [1.82, 2.24) is 10.2 Å². The van der Waals surface area contributed by atoms with E-state index in [1.807, 2.05) is 24.3 Å². The zero-order chi connectivity index (χ0) is 22.9. The number of nitrogens with zero attached hydrogens (tertiary/aromatic N) is 3. The van der Waals surface area contributed by atoms with Crippen LogP contribution in [0.2, 0.25) is 5.02 Å². The van der Waals surface area contributed by atoms with Crippen LogP contribution in [0.4, 0.5) is 5.13 Å². The first-order valence-corrected chi connectivity index (χ1v) is 11.8. The maximum Gasteiger partial charge on any atom is 0.296 e. The number of hydrogen-bond donors (Lipinski definition) is 1. The van der Waals surface area contributed by atoms with Crippen molar-refractivity contribution in [3.05, 3.63) is 94.5 Å². The minimum absolute atomic E-state index is 0.00370. The molecule has 166 valence electrons. The topological polar surface area (TPSA) is 110 Å². The van der Waals surface area contributed by atoms with Crippen molar-refractivity contribution >= 4 is 51.5 Å². The van der Waals surface area contributed by atoms with Crippen LogP contribution in [0.1, 0.15) is 27.9 Å². The van der Waals surface area contributed by atoms with Gasteiger partial charge in [0.05, 0.1) is 18.1 Å².